The van der Waals surface area contributed by atoms with Crippen LogP contribution in [-0.4, -0.2) is 11.9 Å². The van der Waals surface area contributed by atoms with Crippen LogP contribution in [0.1, 0.15) is 24.2 Å². The second-order valence-electron chi connectivity index (χ2n) is 3.29. The number of carbonyl (C=O) groups is 1. The van der Waals surface area contributed by atoms with Crippen molar-refractivity contribution in [2.45, 2.75) is 19.9 Å². The van der Waals surface area contributed by atoms with E-state index in [4.69, 9.17) is 11.6 Å². The predicted molar refractivity (Wildman–Crippen MR) is 66.8 cm³/mol. The zero-order valence-electron chi connectivity index (χ0n) is 7.97. The van der Waals surface area contributed by atoms with Gasteiger partial charge in [0.2, 0.25) is 0 Å². The van der Waals surface area contributed by atoms with Crippen LogP contribution in [0.25, 0.3) is 0 Å². The van der Waals surface area contributed by atoms with Crippen LogP contribution in [0.3, 0.4) is 0 Å². The Bertz CT molecular complexity index is 332. The van der Waals surface area contributed by atoms with Crippen LogP contribution in [0.4, 0.5) is 0 Å². The van der Waals surface area contributed by atoms with Gasteiger partial charge >= 0.3 is 0 Å². The monoisotopic (exact) mass is 323 g/mol. The SMILES string of the molecule is CC(C)NC(=O)c1cc(Cl)cc(I)c1. The number of hydrogen-bond acceptors (Lipinski definition) is 1. The van der Waals surface area contributed by atoms with Crippen molar-refractivity contribution in [1.82, 2.24) is 5.32 Å². The summed E-state index contributed by atoms with van der Waals surface area (Å²) >= 11 is 7.98. The summed E-state index contributed by atoms with van der Waals surface area (Å²) in [6.07, 6.45) is 0. The number of halogens is 2. The summed E-state index contributed by atoms with van der Waals surface area (Å²) < 4.78 is 0.962. The molecule has 0 aliphatic carbocycles. The van der Waals surface area contributed by atoms with Crippen LogP contribution in [-0.2, 0) is 0 Å². The summed E-state index contributed by atoms with van der Waals surface area (Å²) in [5, 5.41) is 3.40. The fourth-order valence-electron chi connectivity index (χ4n) is 1.03. The van der Waals surface area contributed by atoms with Crippen molar-refractivity contribution in [3.63, 3.8) is 0 Å². The average Bonchev–Trinajstić information content (AvgIpc) is 2.00. The van der Waals surface area contributed by atoms with Crippen LogP contribution in [0.2, 0.25) is 5.02 Å². The molecule has 0 heterocycles. The highest BCUT2D eigenvalue weighted by atomic mass is 127. The van der Waals surface area contributed by atoms with Gasteiger partial charge in [-0.3, -0.25) is 4.79 Å². The van der Waals surface area contributed by atoms with E-state index in [9.17, 15) is 4.79 Å². The number of rotatable bonds is 2. The molecule has 0 fully saturated rings. The maximum atomic E-state index is 11.6. The van der Waals surface area contributed by atoms with Crippen molar-refractivity contribution >= 4 is 40.1 Å². The molecule has 1 aromatic carbocycles. The lowest BCUT2D eigenvalue weighted by atomic mass is 10.2. The van der Waals surface area contributed by atoms with Crippen molar-refractivity contribution in [3.8, 4) is 0 Å². The molecular formula is C10H11ClINO. The fourth-order valence-corrected chi connectivity index (χ4v) is 2.12. The highest BCUT2D eigenvalue weighted by Gasteiger charge is 2.08. The van der Waals surface area contributed by atoms with E-state index in [0.29, 0.717) is 10.6 Å². The quantitative estimate of drug-likeness (QED) is 0.833. The standard InChI is InChI=1S/C10H11ClINO/c1-6(2)13-10(14)7-3-8(11)5-9(12)4-7/h3-6H,1-2H3,(H,13,14). The summed E-state index contributed by atoms with van der Waals surface area (Å²) in [5.41, 5.74) is 0.607. The molecule has 1 N–H and O–H groups in total. The smallest absolute Gasteiger partial charge is 0.251 e. The normalized spacial score (nSPS) is 10.4. The van der Waals surface area contributed by atoms with Gasteiger partial charge in [-0.25, -0.2) is 0 Å². The van der Waals surface area contributed by atoms with Crippen LogP contribution in [0.5, 0.6) is 0 Å². The van der Waals surface area contributed by atoms with Crippen molar-refractivity contribution in [3.05, 3.63) is 32.4 Å². The highest BCUT2D eigenvalue weighted by molar-refractivity contribution is 14.1. The zero-order valence-corrected chi connectivity index (χ0v) is 10.9. The number of nitrogens with one attached hydrogen (secondary N) is 1. The minimum atomic E-state index is -0.0829. The molecule has 0 bridgehead atoms. The summed E-state index contributed by atoms with van der Waals surface area (Å²) in [6.45, 7) is 3.85. The van der Waals surface area contributed by atoms with E-state index in [1.807, 2.05) is 26.0 Å². The van der Waals surface area contributed by atoms with Crippen molar-refractivity contribution in [1.29, 1.82) is 0 Å². The Morgan fingerprint density at radius 2 is 2.07 bits per heavy atom. The molecule has 0 saturated carbocycles. The second-order valence-corrected chi connectivity index (χ2v) is 4.97. The number of amides is 1. The average molecular weight is 324 g/mol. The van der Waals surface area contributed by atoms with Gasteiger partial charge in [-0.15, -0.1) is 0 Å². The van der Waals surface area contributed by atoms with E-state index >= 15 is 0 Å². The first kappa shape index (κ1) is 11.8. The van der Waals surface area contributed by atoms with E-state index < -0.39 is 0 Å². The van der Waals surface area contributed by atoms with Gasteiger partial charge in [0, 0.05) is 20.2 Å². The Morgan fingerprint density at radius 1 is 1.43 bits per heavy atom. The molecule has 0 atom stereocenters. The van der Waals surface area contributed by atoms with Crippen LogP contribution in [0.15, 0.2) is 18.2 Å². The Balaban J connectivity index is 2.90. The third kappa shape index (κ3) is 3.46. The molecule has 76 valence electrons. The zero-order chi connectivity index (χ0) is 10.7. The summed E-state index contributed by atoms with van der Waals surface area (Å²) in [6, 6.07) is 5.43. The van der Waals surface area contributed by atoms with E-state index in [1.165, 1.54) is 0 Å². The molecular weight excluding hydrogens is 312 g/mol. The Labute approximate surface area is 102 Å². The summed E-state index contributed by atoms with van der Waals surface area (Å²) in [5.74, 6) is -0.0829. The minimum Gasteiger partial charge on any atom is -0.350 e. The Hall–Kier alpha value is -0.290. The van der Waals surface area contributed by atoms with E-state index in [1.54, 1.807) is 6.07 Å². The van der Waals surface area contributed by atoms with Crippen LogP contribution >= 0.6 is 34.2 Å². The molecule has 0 saturated heterocycles. The third-order valence-corrected chi connectivity index (χ3v) is 2.39. The first-order valence-electron chi connectivity index (χ1n) is 4.26. The van der Waals surface area contributed by atoms with E-state index in [0.717, 1.165) is 3.57 Å². The van der Waals surface area contributed by atoms with Gasteiger partial charge in [-0.1, -0.05) is 11.6 Å². The van der Waals surface area contributed by atoms with Crippen LogP contribution in [0, 0.1) is 3.57 Å². The maximum Gasteiger partial charge on any atom is 0.251 e. The van der Waals surface area contributed by atoms with Crippen molar-refractivity contribution in [2.24, 2.45) is 0 Å². The lowest BCUT2D eigenvalue weighted by molar-refractivity contribution is 0.0943. The van der Waals surface area contributed by atoms with Gasteiger partial charge in [-0.05, 0) is 54.6 Å². The molecule has 2 nitrogen and oxygen atoms in total. The molecule has 0 aliphatic heterocycles. The summed E-state index contributed by atoms with van der Waals surface area (Å²) in [7, 11) is 0. The lowest BCUT2D eigenvalue weighted by Crippen LogP contribution is -2.30. The minimum absolute atomic E-state index is 0.0829. The molecule has 14 heavy (non-hydrogen) atoms. The Morgan fingerprint density at radius 3 is 2.57 bits per heavy atom. The lowest BCUT2D eigenvalue weighted by Gasteiger charge is -2.08. The molecule has 1 aromatic rings. The molecule has 0 unspecified atom stereocenters. The second kappa shape index (κ2) is 4.98. The maximum absolute atomic E-state index is 11.6. The number of hydrogen-bond donors (Lipinski definition) is 1. The van der Waals surface area contributed by atoms with E-state index in [2.05, 4.69) is 27.9 Å². The highest BCUT2D eigenvalue weighted by Crippen LogP contribution is 2.16. The van der Waals surface area contributed by atoms with Gasteiger partial charge in [0.1, 0.15) is 0 Å². The number of carbonyl (C=O) groups excluding carboxylic acids is 1. The largest absolute Gasteiger partial charge is 0.350 e. The predicted octanol–water partition coefficient (Wildman–Crippen LogP) is 3.08. The van der Waals surface area contributed by atoms with Crippen molar-refractivity contribution in [2.75, 3.05) is 0 Å². The van der Waals surface area contributed by atoms with Crippen LogP contribution < -0.4 is 5.32 Å². The van der Waals surface area contributed by atoms with Gasteiger partial charge < -0.3 is 5.32 Å². The first-order valence-corrected chi connectivity index (χ1v) is 5.71. The molecule has 0 aliphatic rings. The Kier molecular flexibility index (Phi) is 4.19. The molecule has 0 spiro atoms. The van der Waals surface area contributed by atoms with Gasteiger partial charge in [0.05, 0.1) is 0 Å². The first-order chi connectivity index (χ1) is 6.49. The third-order valence-electron chi connectivity index (χ3n) is 1.54. The molecule has 1 rings (SSSR count). The molecule has 0 radical (unpaired) electrons. The van der Waals surface area contributed by atoms with Crippen molar-refractivity contribution < 1.29 is 4.79 Å². The summed E-state index contributed by atoms with van der Waals surface area (Å²) in [4.78, 5) is 11.6. The van der Waals surface area contributed by atoms with Gasteiger partial charge in [-0.2, -0.15) is 0 Å². The molecule has 0 aromatic heterocycles. The molecule has 4 heteroatoms. The van der Waals surface area contributed by atoms with E-state index in [-0.39, 0.29) is 11.9 Å². The topological polar surface area (TPSA) is 29.1 Å². The van der Waals surface area contributed by atoms with Gasteiger partial charge in [0.25, 0.3) is 5.91 Å². The molecule has 1 amide bonds. The number of benzene rings is 1. The van der Waals surface area contributed by atoms with Gasteiger partial charge in [0.15, 0.2) is 0 Å². The fraction of sp³-hybridized carbons (Fsp3) is 0.300.